The van der Waals surface area contributed by atoms with E-state index in [9.17, 15) is 9.18 Å². The molecule has 2 aromatic rings. The number of carboxylic acids is 1. The van der Waals surface area contributed by atoms with Gasteiger partial charge in [-0.2, -0.15) is 0 Å². The highest BCUT2D eigenvalue weighted by Crippen LogP contribution is 2.34. The van der Waals surface area contributed by atoms with Crippen molar-refractivity contribution in [2.45, 2.75) is 0 Å². The van der Waals surface area contributed by atoms with Crippen LogP contribution in [0.3, 0.4) is 0 Å². The Morgan fingerprint density at radius 3 is 2.65 bits per heavy atom. The molecule has 0 fully saturated rings. The minimum atomic E-state index is -1.42. The smallest absolute Gasteiger partial charge is 0.374 e. The molecule has 0 aliphatic rings. The fourth-order valence-corrected chi connectivity index (χ4v) is 2.25. The highest BCUT2D eigenvalue weighted by Gasteiger charge is 2.21. The monoisotopic (exact) mass is 301 g/mol. The average Bonchev–Trinajstić information content (AvgIpc) is 2.55. The van der Waals surface area contributed by atoms with Crippen molar-refractivity contribution in [2.75, 3.05) is 19.0 Å². The summed E-state index contributed by atoms with van der Waals surface area (Å²) in [4.78, 5) is 12.5. The van der Waals surface area contributed by atoms with Gasteiger partial charge in [-0.25, -0.2) is 9.18 Å². The number of nitrogens with zero attached hydrogens (tertiary/aromatic N) is 1. The van der Waals surface area contributed by atoms with Crippen LogP contribution in [0.1, 0.15) is 10.6 Å². The topological polar surface area (TPSA) is 53.7 Å². The Hall–Kier alpha value is -1.56. The predicted molar refractivity (Wildman–Crippen MR) is 65.2 cm³/mol. The number of anilines is 1. The van der Waals surface area contributed by atoms with Gasteiger partial charge in [-0.3, -0.25) is 0 Å². The lowest BCUT2D eigenvalue weighted by atomic mass is 10.2. The Bertz CT molecular complexity index is 606. The second-order valence-corrected chi connectivity index (χ2v) is 4.60. The molecular formula is C11H9BrFNO3. The predicted octanol–water partition coefficient (Wildman–Crippen LogP) is 3.10. The Kier molecular flexibility index (Phi) is 2.82. The average molecular weight is 302 g/mol. The lowest BCUT2D eigenvalue weighted by Crippen LogP contribution is -2.08. The molecule has 0 saturated heterocycles. The van der Waals surface area contributed by atoms with Gasteiger partial charge in [-0.05, 0) is 22.0 Å². The van der Waals surface area contributed by atoms with Crippen LogP contribution in [0, 0.1) is 5.82 Å². The van der Waals surface area contributed by atoms with E-state index in [1.807, 2.05) is 19.0 Å². The number of hydrogen-bond donors (Lipinski definition) is 1. The number of carbonyl (C=O) groups is 1. The number of carboxylic acid groups (broad SMARTS) is 1. The zero-order valence-electron chi connectivity index (χ0n) is 9.12. The van der Waals surface area contributed by atoms with E-state index in [-0.39, 0.29) is 11.0 Å². The minimum absolute atomic E-state index is 0.153. The van der Waals surface area contributed by atoms with Crippen LogP contribution < -0.4 is 4.90 Å². The van der Waals surface area contributed by atoms with Gasteiger partial charge in [-0.1, -0.05) is 0 Å². The Labute approximate surface area is 105 Å². The Morgan fingerprint density at radius 1 is 1.47 bits per heavy atom. The first kappa shape index (κ1) is 11.9. The van der Waals surface area contributed by atoms with Gasteiger partial charge in [0.2, 0.25) is 5.76 Å². The van der Waals surface area contributed by atoms with E-state index >= 15 is 0 Å². The molecule has 1 heterocycles. The number of halogens is 2. The molecule has 2 rings (SSSR count). The summed E-state index contributed by atoms with van der Waals surface area (Å²) in [6, 6.07) is 3.10. The summed E-state index contributed by atoms with van der Waals surface area (Å²) in [7, 11) is 3.65. The first-order valence-corrected chi connectivity index (χ1v) is 5.53. The van der Waals surface area contributed by atoms with Gasteiger partial charge in [0, 0.05) is 24.6 Å². The van der Waals surface area contributed by atoms with Crippen molar-refractivity contribution in [3.8, 4) is 0 Å². The molecule has 0 aliphatic heterocycles. The third kappa shape index (κ3) is 1.88. The van der Waals surface area contributed by atoms with Crippen LogP contribution in [0.15, 0.2) is 21.0 Å². The maximum absolute atomic E-state index is 13.7. The quantitative estimate of drug-likeness (QED) is 0.926. The van der Waals surface area contributed by atoms with Crippen molar-refractivity contribution in [3.63, 3.8) is 0 Å². The van der Waals surface area contributed by atoms with Crippen molar-refractivity contribution in [3.05, 3.63) is 28.2 Å². The molecule has 0 aliphatic carbocycles. The highest BCUT2D eigenvalue weighted by atomic mass is 79.9. The Morgan fingerprint density at radius 2 is 2.12 bits per heavy atom. The molecule has 17 heavy (non-hydrogen) atoms. The molecule has 0 atom stereocenters. The van der Waals surface area contributed by atoms with Crippen molar-refractivity contribution in [2.24, 2.45) is 0 Å². The molecule has 6 heteroatoms. The molecule has 4 nitrogen and oxygen atoms in total. The molecule has 0 saturated carbocycles. The maximum Gasteiger partial charge on any atom is 0.374 e. The van der Waals surface area contributed by atoms with Crippen LogP contribution in [0.2, 0.25) is 0 Å². The van der Waals surface area contributed by atoms with Gasteiger partial charge in [-0.15, -0.1) is 0 Å². The van der Waals surface area contributed by atoms with Crippen LogP contribution in [0.4, 0.5) is 10.1 Å². The van der Waals surface area contributed by atoms with Crippen LogP contribution in [0.5, 0.6) is 0 Å². The molecule has 0 radical (unpaired) electrons. The zero-order valence-corrected chi connectivity index (χ0v) is 10.7. The molecule has 0 amide bonds. The van der Waals surface area contributed by atoms with Crippen LogP contribution in [-0.2, 0) is 0 Å². The minimum Gasteiger partial charge on any atom is -0.475 e. The van der Waals surface area contributed by atoms with Gasteiger partial charge in [0.25, 0.3) is 0 Å². The molecular weight excluding hydrogens is 293 g/mol. The first-order chi connectivity index (χ1) is 7.91. The fourth-order valence-electron chi connectivity index (χ4n) is 1.56. The standard InChI is InChI=1S/C11H9BrFNO3/c1-14(2)7-4-8-5(3-6(7)12)9(13)10(17-8)11(15)16/h3-4H,1-2H3,(H,15,16). The van der Waals surface area contributed by atoms with E-state index in [1.54, 1.807) is 6.07 Å². The summed E-state index contributed by atoms with van der Waals surface area (Å²) in [5, 5.41) is 8.91. The number of rotatable bonds is 2. The number of fused-ring (bicyclic) bond motifs is 1. The summed E-state index contributed by atoms with van der Waals surface area (Å²) in [6.07, 6.45) is 0. The van der Waals surface area contributed by atoms with Crippen LogP contribution >= 0.6 is 15.9 Å². The SMILES string of the molecule is CN(C)c1cc2oc(C(=O)O)c(F)c2cc1Br. The van der Waals surface area contributed by atoms with E-state index in [0.29, 0.717) is 4.47 Å². The van der Waals surface area contributed by atoms with Crippen molar-refractivity contribution in [1.29, 1.82) is 0 Å². The Balaban J connectivity index is 2.75. The van der Waals surface area contributed by atoms with Gasteiger partial charge in [0.15, 0.2) is 5.82 Å². The summed E-state index contributed by atoms with van der Waals surface area (Å²) >= 11 is 3.30. The van der Waals surface area contributed by atoms with Crippen molar-refractivity contribution in [1.82, 2.24) is 0 Å². The van der Waals surface area contributed by atoms with Gasteiger partial charge >= 0.3 is 5.97 Å². The van der Waals surface area contributed by atoms with Gasteiger partial charge in [0.1, 0.15) is 5.58 Å². The normalized spacial score (nSPS) is 10.8. The van der Waals surface area contributed by atoms with Gasteiger partial charge < -0.3 is 14.4 Å². The van der Waals surface area contributed by atoms with E-state index in [1.165, 1.54) is 6.07 Å². The fraction of sp³-hybridized carbons (Fsp3) is 0.182. The second kappa shape index (κ2) is 4.03. The number of furan rings is 1. The molecule has 0 unspecified atom stereocenters. The maximum atomic E-state index is 13.7. The lowest BCUT2D eigenvalue weighted by Gasteiger charge is -2.13. The molecule has 1 aromatic carbocycles. The van der Waals surface area contributed by atoms with E-state index in [2.05, 4.69) is 15.9 Å². The molecule has 0 spiro atoms. The zero-order chi connectivity index (χ0) is 12.7. The number of benzene rings is 1. The van der Waals surface area contributed by atoms with E-state index in [4.69, 9.17) is 9.52 Å². The first-order valence-electron chi connectivity index (χ1n) is 4.74. The van der Waals surface area contributed by atoms with Crippen LogP contribution in [-0.4, -0.2) is 25.2 Å². The summed E-state index contributed by atoms with van der Waals surface area (Å²) in [5.74, 6) is -2.93. The number of hydrogen-bond acceptors (Lipinski definition) is 3. The highest BCUT2D eigenvalue weighted by molar-refractivity contribution is 9.10. The third-order valence-electron chi connectivity index (χ3n) is 2.37. The number of aromatic carboxylic acids is 1. The van der Waals surface area contributed by atoms with Gasteiger partial charge in [0.05, 0.1) is 11.1 Å². The summed E-state index contributed by atoms with van der Waals surface area (Å²) in [6.45, 7) is 0. The summed E-state index contributed by atoms with van der Waals surface area (Å²) in [5.41, 5.74) is 0.995. The summed E-state index contributed by atoms with van der Waals surface area (Å²) < 4.78 is 19.3. The van der Waals surface area contributed by atoms with E-state index < -0.39 is 17.5 Å². The lowest BCUT2D eigenvalue weighted by molar-refractivity contribution is 0.0658. The second-order valence-electron chi connectivity index (χ2n) is 3.74. The largest absolute Gasteiger partial charge is 0.475 e. The van der Waals surface area contributed by atoms with Crippen molar-refractivity contribution >= 4 is 38.6 Å². The molecule has 90 valence electrons. The third-order valence-corrected chi connectivity index (χ3v) is 3.01. The van der Waals surface area contributed by atoms with Crippen molar-refractivity contribution < 1.29 is 18.7 Å². The molecule has 0 bridgehead atoms. The van der Waals surface area contributed by atoms with E-state index in [0.717, 1.165) is 5.69 Å². The van der Waals surface area contributed by atoms with Crippen LogP contribution in [0.25, 0.3) is 11.0 Å². The molecule has 1 N–H and O–H groups in total. The molecule has 1 aromatic heterocycles.